The Balaban J connectivity index is 2.20. The molecule has 0 saturated carbocycles. The zero-order chi connectivity index (χ0) is 17.7. The maximum Gasteiger partial charge on any atom is 0.267 e. The second-order valence-corrected chi connectivity index (χ2v) is 5.33. The maximum absolute atomic E-state index is 13.5. The van der Waals surface area contributed by atoms with Gasteiger partial charge in [0.2, 0.25) is 0 Å². The molecule has 0 aliphatic rings. The highest BCUT2D eigenvalue weighted by atomic mass is 35.5. The number of benzene rings is 2. The molecule has 2 rings (SSSR count). The van der Waals surface area contributed by atoms with Crippen molar-refractivity contribution in [1.82, 2.24) is 0 Å². The highest BCUT2D eigenvalue weighted by molar-refractivity contribution is 6.35. The number of amides is 1. The summed E-state index contributed by atoms with van der Waals surface area (Å²) in [5, 5.41) is 14.3. The molecular weight excluding hydrogens is 359 g/mol. The van der Waals surface area contributed by atoms with Gasteiger partial charge in [-0.2, -0.15) is 5.26 Å². The van der Waals surface area contributed by atoms with Crippen LogP contribution < -0.4 is 10.6 Å². The largest absolute Gasteiger partial charge is 0.355 e. The van der Waals surface area contributed by atoms with Gasteiger partial charge in [-0.05, 0) is 30.3 Å². The first-order valence-electron chi connectivity index (χ1n) is 6.49. The Kier molecular flexibility index (Phi) is 5.74. The van der Waals surface area contributed by atoms with Crippen LogP contribution in [0.3, 0.4) is 0 Å². The van der Waals surface area contributed by atoms with E-state index < -0.39 is 28.8 Å². The van der Waals surface area contributed by atoms with Gasteiger partial charge >= 0.3 is 0 Å². The lowest BCUT2D eigenvalue weighted by molar-refractivity contribution is -0.112. The monoisotopic (exact) mass is 367 g/mol. The van der Waals surface area contributed by atoms with Gasteiger partial charge in [-0.3, -0.25) is 4.79 Å². The number of halogens is 4. The van der Waals surface area contributed by atoms with Crippen molar-refractivity contribution in [3.63, 3.8) is 0 Å². The van der Waals surface area contributed by atoms with Crippen LogP contribution in [0.2, 0.25) is 10.0 Å². The van der Waals surface area contributed by atoms with Gasteiger partial charge in [0.25, 0.3) is 5.91 Å². The fourth-order valence-corrected chi connectivity index (χ4v) is 2.05. The molecule has 2 aromatic rings. The zero-order valence-corrected chi connectivity index (χ0v) is 13.4. The van der Waals surface area contributed by atoms with E-state index in [0.29, 0.717) is 5.02 Å². The van der Waals surface area contributed by atoms with Crippen LogP contribution in [0.15, 0.2) is 48.2 Å². The standard InChI is InChI=1S/C16H9Cl2F2N3O/c17-10-4-5-11(18)14(6-10)23-16(24)9(7-21)8-22-15-12(19)2-1-3-13(15)20/h1-6,8,22H,(H,23,24)/b9-8-. The van der Waals surface area contributed by atoms with Crippen LogP contribution in [-0.4, -0.2) is 5.91 Å². The Morgan fingerprint density at radius 2 is 1.83 bits per heavy atom. The van der Waals surface area contributed by atoms with Crippen LogP contribution in [0.1, 0.15) is 0 Å². The summed E-state index contributed by atoms with van der Waals surface area (Å²) >= 11 is 11.7. The Hall–Kier alpha value is -2.62. The van der Waals surface area contributed by atoms with E-state index in [2.05, 4.69) is 10.6 Å². The third-order valence-corrected chi connectivity index (χ3v) is 3.43. The van der Waals surface area contributed by atoms with Crippen molar-refractivity contribution in [3.8, 4) is 6.07 Å². The van der Waals surface area contributed by atoms with Crippen LogP contribution in [0.25, 0.3) is 0 Å². The molecule has 0 fully saturated rings. The Labute approximate surface area is 146 Å². The van der Waals surface area contributed by atoms with E-state index in [9.17, 15) is 13.6 Å². The minimum absolute atomic E-state index is 0.201. The molecule has 0 spiro atoms. The molecule has 0 unspecified atom stereocenters. The third-order valence-electron chi connectivity index (χ3n) is 2.87. The molecule has 0 atom stereocenters. The Morgan fingerprint density at radius 3 is 2.46 bits per heavy atom. The fraction of sp³-hybridized carbons (Fsp3) is 0. The molecule has 0 radical (unpaired) electrons. The lowest BCUT2D eigenvalue weighted by Gasteiger charge is -2.08. The van der Waals surface area contributed by atoms with Gasteiger partial charge in [0.15, 0.2) is 0 Å². The van der Waals surface area contributed by atoms with Crippen molar-refractivity contribution in [2.24, 2.45) is 0 Å². The Morgan fingerprint density at radius 1 is 1.17 bits per heavy atom. The molecule has 4 nitrogen and oxygen atoms in total. The molecule has 2 aromatic carbocycles. The van der Waals surface area contributed by atoms with Crippen molar-refractivity contribution in [3.05, 3.63) is 69.9 Å². The average molecular weight is 368 g/mol. The number of para-hydroxylation sites is 1. The summed E-state index contributed by atoms with van der Waals surface area (Å²) in [7, 11) is 0. The summed E-state index contributed by atoms with van der Waals surface area (Å²) < 4.78 is 27.0. The van der Waals surface area contributed by atoms with E-state index in [1.54, 1.807) is 6.07 Å². The summed E-state index contributed by atoms with van der Waals surface area (Å²) in [6.07, 6.45) is 0.898. The lowest BCUT2D eigenvalue weighted by Crippen LogP contribution is -2.15. The van der Waals surface area contributed by atoms with Crippen LogP contribution in [0, 0.1) is 23.0 Å². The van der Waals surface area contributed by atoms with Gasteiger partial charge in [0.1, 0.15) is 29.0 Å². The number of anilines is 2. The maximum atomic E-state index is 13.5. The second-order valence-electron chi connectivity index (χ2n) is 4.49. The number of carbonyl (C=O) groups excluding carboxylic acids is 1. The van der Waals surface area contributed by atoms with E-state index in [1.165, 1.54) is 24.3 Å². The minimum atomic E-state index is -0.859. The average Bonchev–Trinajstić information content (AvgIpc) is 2.54. The van der Waals surface area contributed by atoms with Crippen LogP contribution >= 0.6 is 23.2 Å². The minimum Gasteiger partial charge on any atom is -0.355 e. The van der Waals surface area contributed by atoms with E-state index in [-0.39, 0.29) is 10.7 Å². The van der Waals surface area contributed by atoms with E-state index in [0.717, 1.165) is 18.3 Å². The summed E-state index contributed by atoms with van der Waals surface area (Å²) in [6, 6.07) is 9.31. The summed E-state index contributed by atoms with van der Waals surface area (Å²) in [6.45, 7) is 0. The Bertz CT molecular complexity index is 843. The van der Waals surface area contributed by atoms with Gasteiger partial charge in [0.05, 0.1) is 10.7 Å². The number of hydrogen-bond donors (Lipinski definition) is 2. The van der Waals surface area contributed by atoms with E-state index >= 15 is 0 Å². The highest BCUT2D eigenvalue weighted by Crippen LogP contribution is 2.26. The number of carbonyl (C=O) groups is 1. The summed E-state index contributed by atoms with van der Waals surface area (Å²) in [4.78, 5) is 12.1. The number of rotatable bonds is 4. The van der Waals surface area contributed by atoms with Crippen LogP contribution in [0.5, 0.6) is 0 Å². The van der Waals surface area contributed by atoms with Gasteiger partial charge in [-0.15, -0.1) is 0 Å². The first kappa shape index (κ1) is 17.7. The SMILES string of the molecule is N#C/C(=C/Nc1c(F)cccc1F)C(=O)Nc1cc(Cl)ccc1Cl. The lowest BCUT2D eigenvalue weighted by atomic mass is 10.2. The van der Waals surface area contributed by atoms with Crippen LogP contribution in [0.4, 0.5) is 20.2 Å². The smallest absolute Gasteiger partial charge is 0.267 e. The second kappa shape index (κ2) is 7.77. The molecular formula is C16H9Cl2F2N3O. The van der Waals surface area contributed by atoms with Crippen molar-refractivity contribution < 1.29 is 13.6 Å². The van der Waals surface area contributed by atoms with Gasteiger partial charge in [-0.25, -0.2) is 8.78 Å². The van der Waals surface area contributed by atoms with Crippen LogP contribution in [-0.2, 0) is 4.79 Å². The topological polar surface area (TPSA) is 64.9 Å². The number of nitriles is 1. The molecule has 1 amide bonds. The predicted octanol–water partition coefficient (Wildman–Crippen LogP) is 4.73. The molecule has 24 heavy (non-hydrogen) atoms. The predicted molar refractivity (Wildman–Crippen MR) is 88.8 cm³/mol. The van der Waals surface area contributed by atoms with Crippen molar-refractivity contribution >= 4 is 40.5 Å². The van der Waals surface area contributed by atoms with Gasteiger partial charge < -0.3 is 10.6 Å². The molecule has 0 saturated heterocycles. The van der Waals surface area contributed by atoms with E-state index in [4.69, 9.17) is 28.5 Å². The summed E-state index contributed by atoms with van der Waals surface area (Å²) in [5.74, 6) is -2.53. The van der Waals surface area contributed by atoms with Crippen molar-refractivity contribution in [1.29, 1.82) is 5.26 Å². The van der Waals surface area contributed by atoms with Crippen molar-refractivity contribution in [2.75, 3.05) is 10.6 Å². The molecule has 0 bridgehead atoms. The molecule has 0 aliphatic heterocycles. The third kappa shape index (κ3) is 4.22. The van der Waals surface area contributed by atoms with Gasteiger partial charge in [-0.1, -0.05) is 29.3 Å². The quantitative estimate of drug-likeness (QED) is 0.606. The molecule has 2 N–H and O–H groups in total. The molecule has 0 heterocycles. The van der Waals surface area contributed by atoms with E-state index in [1.807, 2.05) is 0 Å². The number of hydrogen-bond acceptors (Lipinski definition) is 3. The zero-order valence-electron chi connectivity index (χ0n) is 11.9. The van der Waals surface area contributed by atoms with Gasteiger partial charge in [0, 0.05) is 11.2 Å². The first-order valence-corrected chi connectivity index (χ1v) is 7.25. The molecule has 0 aromatic heterocycles. The first-order chi connectivity index (χ1) is 11.4. The fourth-order valence-electron chi connectivity index (χ4n) is 1.71. The number of nitrogens with one attached hydrogen (secondary N) is 2. The normalized spacial score (nSPS) is 10.9. The highest BCUT2D eigenvalue weighted by Gasteiger charge is 2.13. The summed E-state index contributed by atoms with van der Waals surface area (Å²) in [5.41, 5.74) is -0.681. The molecule has 122 valence electrons. The molecule has 0 aliphatic carbocycles. The van der Waals surface area contributed by atoms with Crippen molar-refractivity contribution in [2.45, 2.75) is 0 Å². The molecule has 8 heteroatoms. The number of nitrogens with zero attached hydrogens (tertiary/aromatic N) is 1.